The predicted molar refractivity (Wildman–Crippen MR) is 135 cm³/mol. The summed E-state index contributed by atoms with van der Waals surface area (Å²) in [7, 11) is 0. The van der Waals surface area contributed by atoms with Crippen molar-refractivity contribution in [3.8, 4) is 11.1 Å². The maximum atomic E-state index is 13.3. The minimum atomic E-state index is -0.978. The number of amides is 2. The third kappa shape index (κ3) is 6.50. The molecule has 7 nitrogen and oxygen atoms in total. The van der Waals surface area contributed by atoms with E-state index in [2.05, 4.69) is 17.4 Å². The SMILES string of the molecule is CC(C)=CCC(NC(=O)OCC1c2ccccc2-c2ccccc21)C(=O)N(CCC(=O)O)C(C)C. The van der Waals surface area contributed by atoms with Crippen molar-refractivity contribution in [2.75, 3.05) is 13.2 Å². The molecule has 0 bridgehead atoms. The van der Waals surface area contributed by atoms with Gasteiger partial charge < -0.3 is 20.1 Å². The minimum absolute atomic E-state index is 0.0729. The van der Waals surface area contributed by atoms with Crippen molar-refractivity contribution in [3.63, 3.8) is 0 Å². The van der Waals surface area contributed by atoms with Crippen LogP contribution >= 0.6 is 0 Å². The zero-order valence-corrected chi connectivity index (χ0v) is 20.8. The molecule has 0 fully saturated rings. The Morgan fingerprint density at radius 1 is 1.03 bits per heavy atom. The summed E-state index contributed by atoms with van der Waals surface area (Å²) < 4.78 is 5.63. The van der Waals surface area contributed by atoms with Gasteiger partial charge in [-0.1, -0.05) is 60.2 Å². The van der Waals surface area contributed by atoms with Crippen LogP contribution in [0.2, 0.25) is 0 Å². The first kappa shape index (κ1) is 26.0. The molecule has 0 saturated carbocycles. The van der Waals surface area contributed by atoms with Crippen LogP contribution in [0.1, 0.15) is 57.6 Å². The first-order chi connectivity index (χ1) is 16.7. The third-order valence-electron chi connectivity index (χ3n) is 6.17. The van der Waals surface area contributed by atoms with Gasteiger partial charge in [0.15, 0.2) is 0 Å². The van der Waals surface area contributed by atoms with Gasteiger partial charge in [-0.2, -0.15) is 0 Å². The van der Waals surface area contributed by atoms with E-state index in [9.17, 15) is 14.4 Å². The van der Waals surface area contributed by atoms with Crippen molar-refractivity contribution in [3.05, 3.63) is 71.3 Å². The normalized spacial score (nSPS) is 12.9. The molecule has 2 aromatic rings. The summed E-state index contributed by atoms with van der Waals surface area (Å²) in [5.41, 5.74) is 5.51. The van der Waals surface area contributed by atoms with Gasteiger partial charge in [0, 0.05) is 18.5 Å². The van der Waals surface area contributed by atoms with Crippen LogP contribution in [0.4, 0.5) is 4.79 Å². The second-order valence-electron chi connectivity index (χ2n) is 9.31. The summed E-state index contributed by atoms with van der Waals surface area (Å²) in [6.07, 6.45) is 1.34. The van der Waals surface area contributed by atoms with Gasteiger partial charge in [0.05, 0.1) is 6.42 Å². The van der Waals surface area contributed by atoms with Gasteiger partial charge in [-0.3, -0.25) is 9.59 Å². The van der Waals surface area contributed by atoms with E-state index in [1.165, 1.54) is 4.90 Å². The fraction of sp³-hybridized carbons (Fsp3) is 0.393. The fourth-order valence-electron chi connectivity index (χ4n) is 4.40. The van der Waals surface area contributed by atoms with Crippen LogP contribution in [0, 0.1) is 0 Å². The van der Waals surface area contributed by atoms with E-state index in [0.717, 1.165) is 27.8 Å². The lowest BCUT2D eigenvalue weighted by Crippen LogP contribution is -2.51. The van der Waals surface area contributed by atoms with Crippen molar-refractivity contribution in [2.24, 2.45) is 0 Å². The Balaban J connectivity index is 1.72. The van der Waals surface area contributed by atoms with Gasteiger partial charge in [-0.15, -0.1) is 0 Å². The van der Waals surface area contributed by atoms with Crippen LogP contribution in [-0.4, -0.2) is 53.2 Å². The molecule has 7 heteroatoms. The first-order valence-electron chi connectivity index (χ1n) is 12.0. The van der Waals surface area contributed by atoms with Crippen LogP contribution < -0.4 is 5.32 Å². The van der Waals surface area contributed by atoms with Gasteiger partial charge in [0.2, 0.25) is 5.91 Å². The Bertz CT molecular complexity index is 1060. The van der Waals surface area contributed by atoms with Gasteiger partial charge in [-0.05, 0) is 56.4 Å². The van der Waals surface area contributed by atoms with E-state index in [1.807, 2.05) is 70.2 Å². The number of nitrogens with one attached hydrogen (secondary N) is 1. The molecule has 2 amide bonds. The van der Waals surface area contributed by atoms with E-state index in [4.69, 9.17) is 9.84 Å². The highest BCUT2D eigenvalue weighted by atomic mass is 16.5. The average molecular weight is 479 g/mol. The Morgan fingerprint density at radius 2 is 1.60 bits per heavy atom. The molecule has 186 valence electrons. The van der Waals surface area contributed by atoms with Gasteiger partial charge in [0.1, 0.15) is 12.6 Å². The molecule has 1 atom stereocenters. The van der Waals surface area contributed by atoms with E-state index < -0.39 is 18.1 Å². The van der Waals surface area contributed by atoms with E-state index in [0.29, 0.717) is 6.42 Å². The number of carboxylic acid groups (broad SMARTS) is 1. The van der Waals surface area contributed by atoms with Crippen LogP contribution in [0.25, 0.3) is 11.1 Å². The van der Waals surface area contributed by atoms with Crippen molar-refractivity contribution in [1.29, 1.82) is 0 Å². The zero-order valence-electron chi connectivity index (χ0n) is 20.8. The topological polar surface area (TPSA) is 95.9 Å². The van der Waals surface area contributed by atoms with Crippen molar-refractivity contribution in [2.45, 2.75) is 58.5 Å². The molecule has 1 aliphatic rings. The second-order valence-corrected chi connectivity index (χ2v) is 9.31. The number of hydrogen-bond donors (Lipinski definition) is 2. The molecule has 0 aromatic heterocycles. The maximum Gasteiger partial charge on any atom is 0.407 e. The molecule has 1 unspecified atom stereocenters. The highest BCUT2D eigenvalue weighted by Crippen LogP contribution is 2.44. The van der Waals surface area contributed by atoms with Gasteiger partial charge in [-0.25, -0.2) is 4.79 Å². The predicted octanol–water partition coefficient (Wildman–Crippen LogP) is 4.96. The van der Waals surface area contributed by atoms with Gasteiger partial charge >= 0.3 is 12.1 Å². The number of carboxylic acids is 1. The molecule has 0 aliphatic heterocycles. The molecule has 0 spiro atoms. The summed E-state index contributed by atoms with van der Waals surface area (Å²) in [5.74, 6) is -1.39. The number of carbonyl (C=O) groups is 3. The van der Waals surface area contributed by atoms with E-state index in [1.54, 1.807) is 0 Å². The lowest BCUT2D eigenvalue weighted by molar-refractivity contribution is -0.139. The van der Waals surface area contributed by atoms with Crippen molar-refractivity contribution in [1.82, 2.24) is 10.2 Å². The number of rotatable bonds is 10. The summed E-state index contributed by atoms with van der Waals surface area (Å²) >= 11 is 0. The average Bonchev–Trinajstić information content (AvgIpc) is 3.13. The molecule has 0 heterocycles. The monoisotopic (exact) mass is 478 g/mol. The smallest absolute Gasteiger partial charge is 0.407 e. The molecule has 3 rings (SSSR count). The molecule has 2 aromatic carbocycles. The van der Waals surface area contributed by atoms with Crippen LogP contribution in [-0.2, 0) is 14.3 Å². The lowest BCUT2D eigenvalue weighted by Gasteiger charge is -2.30. The Hall–Kier alpha value is -3.61. The Morgan fingerprint density at radius 3 is 2.11 bits per heavy atom. The number of nitrogens with zero attached hydrogens (tertiary/aromatic N) is 1. The molecule has 35 heavy (non-hydrogen) atoms. The Kier molecular flexibility index (Phi) is 8.68. The summed E-state index contributed by atoms with van der Waals surface area (Å²) in [4.78, 5) is 38.6. The third-order valence-corrected chi connectivity index (χ3v) is 6.17. The molecule has 0 radical (unpaired) electrons. The van der Waals surface area contributed by atoms with Crippen molar-refractivity contribution < 1.29 is 24.2 Å². The quantitative estimate of drug-likeness (QED) is 0.471. The summed E-state index contributed by atoms with van der Waals surface area (Å²) in [5, 5.41) is 11.8. The highest BCUT2D eigenvalue weighted by molar-refractivity contribution is 5.86. The number of allylic oxidation sites excluding steroid dienone is 1. The summed E-state index contributed by atoms with van der Waals surface area (Å²) in [6.45, 7) is 7.70. The maximum absolute atomic E-state index is 13.3. The molecular formula is C28H34N2O5. The van der Waals surface area contributed by atoms with Crippen LogP contribution in [0.15, 0.2) is 60.2 Å². The molecular weight excluding hydrogens is 444 g/mol. The number of aliphatic carboxylic acids is 1. The first-order valence-corrected chi connectivity index (χ1v) is 12.0. The second kappa shape index (κ2) is 11.7. The number of carbonyl (C=O) groups excluding carboxylic acids is 2. The lowest BCUT2D eigenvalue weighted by atomic mass is 9.98. The van der Waals surface area contributed by atoms with Gasteiger partial charge in [0.25, 0.3) is 0 Å². The number of fused-ring (bicyclic) bond motifs is 3. The summed E-state index contributed by atoms with van der Waals surface area (Å²) in [6, 6.07) is 15.1. The van der Waals surface area contributed by atoms with E-state index >= 15 is 0 Å². The number of hydrogen-bond acceptors (Lipinski definition) is 4. The number of ether oxygens (including phenoxy) is 1. The standard InChI is InChI=1S/C28H34N2O5/c1-18(2)13-14-25(27(33)30(19(3)4)16-15-26(31)32)29-28(34)35-17-24-22-11-7-5-9-20(22)21-10-6-8-12-23(21)24/h5-13,19,24-25H,14-17H2,1-4H3,(H,29,34)(H,31,32). The Labute approximate surface area is 206 Å². The minimum Gasteiger partial charge on any atom is -0.481 e. The molecule has 2 N–H and O–H groups in total. The molecule has 0 saturated heterocycles. The van der Waals surface area contributed by atoms with Crippen molar-refractivity contribution >= 4 is 18.0 Å². The highest BCUT2D eigenvalue weighted by Gasteiger charge is 2.31. The molecule has 1 aliphatic carbocycles. The zero-order chi connectivity index (χ0) is 25.5. The fourth-order valence-corrected chi connectivity index (χ4v) is 4.40. The largest absolute Gasteiger partial charge is 0.481 e. The number of benzene rings is 2. The van der Waals surface area contributed by atoms with Crippen LogP contribution in [0.3, 0.4) is 0 Å². The number of alkyl carbamates (subject to hydrolysis) is 1. The van der Waals surface area contributed by atoms with E-state index in [-0.39, 0.29) is 37.4 Å². The van der Waals surface area contributed by atoms with Crippen LogP contribution in [0.5, 0.6) is 0 Å².